The highest BCUT2D eigenvalue weighted by Crippen LogP contribution is 2.21. The van der Waals surface area contributed by atoms with Crippen molar-refractivity contribution in [2.24, 2.45) is 0 Å². The van der Waals surface area contributed by atoms with E-state index in [9.17, 15) is 9.18 Å². The number of nitrogens with one attached hydrogen (secondary N) is 1. The summed E-state index contributed by atoms with van der Waals surface area (Å²) < 4.78 is 15.6. The molecular weight excluding hydrogens is 335 g/mol. The summed E-state index contributed by atoms with van der Waals surface area (Å²) in [6.45, 7) is 3.43. The summed E-state index contributed by atoms with van der Waals surface area (Å²) in [4.78, 5) is 13.6. The Morgan fingerprint density at radius 1 is 1.23 bits per heavy atom. The first-order valence-corrected chi connectivity index (χ1v) is 8.63. The van der Waals surface area contributed by atoms with Gasteiger partial charge in [-0.15, -0.1) is 15.3 Å². The maximum absolute atomic E-state index is 14.1. The fraction of sp³-hybridized carbons (Fsp3) is 0.333. The number of halogens is 1. The molecule has 1 N–H and O–H groups in total. The quantitative estimate of drug-likeness (QED) is 0.761. The van der Waals surface area contributed by atoms with Crippen molar-refractivity contribution < 1.29 is 9.18 Å². The SMILES string of the molecule is C[C@@H](CN1CCCC1=O)Nc1ccc2nnc(-c3ccccc3F)n2n1. The Hall–Kier alpha value is -3.03. The minimum absolute atomic E-state index is 0.0374. The molecule has 1 aromatic carbocycles. The monoisotopic (exact) mass is 354 g/mol. The molecule has 3 heterocycles. The Labute approximate surface area is 149 Å². The van der Waals surface area contributed by atoms with E-state index in [1.165, 1.54) is 10.6 Å². The van der Waals surface area contributed by atoms with Gasteiger partial charge in [-0.25, -0.2) is 4.39 Å². The summed E-state index contributed by atoms with van der Waals surface area (Å²) in [6.07, 6.45) is 1.55. The number of carbonyl (C=O) groups excluding carboxylic acids is 1. The van der Waals surface area contributed by atoms with Crippen molar-refractivity contribution in [2.75, 3.05) is 18.4 Å². The maximum atomic E-state index is 14.1. The lowest BCUT2D eigenvalue weighted by atomic mass is 10.2. The second-order valence-electron chi connectivity index (χ2n) is 6.48. The highest BCUT2D eigenvalue weighted by molar-refractivity contribution is 5.78. The van der Waals surface area contributed by atoms with Crippen LogP contribution in [-0.2, 0) is 4.79 Å². The lowest BCUT2D eigenvalue weighted by Gasteiger charge is -2.22. The van der Waals surface area contributed by atoms with Gasteiger partial charge in [-0.2, -0.15) is 4.52 Å². The first-order valence-electron chi connectivity index (χ1n) is 8.63. The van der Waals surface area contributed by atoms with Gasteiger partial charge in [0.1, 0.15) is 11.6 Å². The molecule has 134 valence electrons. The number of benzene rings is 1. The lowest BCUT2D eigenvalue weighted by Crippen LogP contribution is -2.35. The van der Waals surface area contributed by atoms with Crippen LogP contribution in [0.1, 0.15) is 19.8 Å². The highest BCUT2D eigenvalue weighted by Gasteiger charge is 2.22. The zero-order valence-electron chi connectivity index (χ0n) is 14.4. The zero-order chi connectivity index (χ0) is 18.1. The molecule has 8 heteroatoms. The van der Waals surface area contributed by atoms with Gasteiger partial charge in [-0.05, 0) is 37.6 Å². The Morgan fingerprint density at radius 2 is 2.08 bits per heavy atom. The maximum Gasteiger partial charge on any atom is 0.222 e. The van der Waals surface area contributed by atoms with Gasteiger partial charge in [0, 0.05) is 25.6 Å². The van der Waals surface area contributed by atoms with Gasteiger partial charge in [0.2, 0.25) is 5.91 Å². The van der Waals surface area contributed by atoms with Gasteiger partial charge in [0.15, 0.2) is 11.5 Å². The Kier molecular flexibility index (Phi) is 4.24. The summed E-state index contributed by atoms with van der Waals surface area (Å²) in [5.41, 5.74) is 0.886. The Balaban J connectivity index is 1.58. The summed E-state index contributed by atoms with van der Waals surface area (Å²) in [5.74, 6) is 0.795. The minimum atomic E-state index is -0.372. The molecule has 1 amide bonds. The van der Waals surface area contributed by atoms with Gasteiger partial charge in [0.25, 0.3) is 0 Å². The number of hydrogen-bond donors (Lipinski definition) is 1. The van der Waals surface area contributed by atoms with Crippen molar-refractivity contribution in [3.63, 3.8) is 0 Å². The zero-order valence-corrected chi connectivity index (χ0v) is 14.4. The van der Waals surface area contributed by atoms with Crippen molar-refractivity contribution in [2.45, 2.75) is 25.8 Å². The second kappa shape index (κ2) is 6.70. The van der Waals surface area contributed by atoms with Crippen LogP contribution >= 0.6 is 0 Å². The average Bonchev–Trinajstić information content (AvgIpc) is 3.22. The molecule has 7 nitrogen and oxygen atoms in total. The van der Waals surface area contributed by atoms with Crippen LogP contribution in [0.25, 0.3) is 17.0 Å². The van der Waals surface area contributed by atoms with E-state index in [-0.39, 0.29) is 17.8 Å². The van der Waals surface area contributed by atoms with Crippen LogP contribution in [0.2, 0.25) is 0 Å². The molecule has 0 aliphatic carbocycles. The van der Waals surface area contributed by atoms with E-state index < -0.39 is 0 Å². The topological polar surface area (TPSA) is 75.4 Å². The van der Waals surface area contributed by atoms with E-state index in [2.05, 4.69) is 20.6 Å². The van der Waals surface area contributed by atoms with Crippen molar-refractivity contribution in [1.29, 1.82) is 0 Å². The molecule has 1 saturated heterocycles. The number of carbonyl (C=O) groups is 1. The molecule has 3 aromatic rings. The third-order valence-electron chi connectivity index (χ3n) is 4.44. The predicted octanol–water partition coefficient (Wildman–Crippen LogP) is 2.35. The van der Waals surface area contributed by atoms with E-state index >= 15 is 0 Å². The van der Waals surface area contributed by atoms with Crippen LogP contribution in [0.5, 0.6) is 0 Å². The highest BCUT2D eigenvalue weighted by atomic mass is 19.1. The summed E-state index contributed by atoms with van der Waals surface area (Å²) in [6, 6.07) is 10.0. The van der Waals surface area contributed by atoms with Gasteiger partial charge in [0.05, 0.1) is 5.56 Å². The van der Waals surface area contributed by atoms with Crippen LogP contribution < -0.4 is 5.32 Å². The van der Waals surface area contributed by atoms with Crippen LogP contribution in [-0.4, -0.2) is 49.7 Å². The number of aromatic nitrogens is 4. The number of anilines is 1. The van der Waals surface area contributed by atoms with Crippen molar-refractivity contribution in [1.82, 2.24) is 24.7 Å². The molecule has 4 rings (SSSR count). The standard InChI is InChI=1S/C18H19FN6O/c1-12(11-24-10-4-7-17(24)26)20-15-8-9-16-21-22-18(25(16)23-15)13-5-2-3-6-14(13)19/h2-3,5-6,8-9,12H,4,7,10-11H2,1H3,(H,20,23)/t12-/m0/s1. The average molecular weight is 354 g/mol. The van der Waals surface area contributed by atoms with Gasteiger partial charge in [-0.1, -0.05) is 12.1 Å². The number of hydrogen-bond acceptors (Lipinski definition) is 5. The molecule has 0 bridgehead atoms. The molecule has 1 fully saturated rings. The fourth-order valence-corrected chi connectivity index (χ4v) is 3.20. The van der Waals surface area contributed by atoms with Crippen LogP contribution in [0, 0.1) is 5.82 Å². The molecule has 1 atom stereocenters. The number of likely N-dealkylation sites (tertiary alicyclic amines) is 1. The van der Waals surface area contributed by atoms with E-state index in [1.54, 1.807) is 30.3 Å². The summed E-state index contributed by atoms with van der Waals surface area (Å²) in [7, 11) is 0. The van der Waals surface area contributed by atoms with E-state index in [1.807, 2.05) is 11.8 Å². The molecule has 0 unspecified atom stereocenters. The van der Waals surface area contributed by atoms with Gasteiger partial charge >= 0.3 is 0 Å². The van der Waals surface area contributed by atoms with E-state index in [0.29, 0.717) is 35.8 Å². The smallest absolute Gasteiger partial charge is 0.222 e. The third kappa shape index (κ3) is 3.10. The molecule has 26 heavy (non-hydrogen) atoms. The largest absolute Gasteiger partial charge is 0.364 e. The second-order valence-corrected chi connectivity index (χ2v) is 6.48. The van der Waals surface area contributed by atoms with Crippen molar-refractivity contribution in [3.8, 4) is 11.4 Å². The summed E-state index contributed by atoms with van der Waals surface area (Å²) in [5, 5.41) is 15.9. The number of amides is 1. The minimum Gasteiger partial charge on any atom is -0.364 e. The predicted molar refractivity (Wildman–Crippen MR) is 95.1 cm³/mol. The number of fused-ring (bicyclic) bond motifs is 1. The van der Waals surface area contributed by atoms with Crippen LogP contribution in [0.3, 0.4) is 0 Å². The normalized spacial score (nSPS) is 15.6. The first-order chi connectivity index (χ1) is 12.6. The van der Waals surface area contributed by atoms with Crippen LogP contribution in [0.4, 0.5) is 10.2 Å². The van der Waals surface area contributed by atoms with Crippen molar-refractivity contribution in [3.05, 3.63) is 42.2 Å². The van der Waals surface area contributed by atoms with Crippen LogP contribution in [0.15, 0.2) is 36.4 Å². The number of nitrogens with zero attached hydrogens (tertiary/aromatic N) is 5. The van der Waals surface area contributed by atoms with Gasteiger partial charge < -0.3 is 10.2 Å². The molecule has 1 aliphatic heterocycles. The first kappa shape index (κ1) is 16.4. The molecule has 0 saturated carbocycles. The molecule has 0 radical (unpaired) electrons. The number of rotatable bonds is 5. The van der Waals surface area contributed by atoms with Gasteiger partial charge in [-0.3, -0.25) is 4.79 Å². The Morgan fingerprint density at radius 3 is 2.85 bits per heavy atom. The molecule has 2 aromatic heterocycles. The summed E-state index contributed by atoms with van der Waals surface area (Å²) >= 11 is 0. The van der Waals surface area contributed by atoms with E-state index in [4.69, 9.17) is 0 Å². The molecular formula is C18H19FN6O. The van der Waals surface area contributed by atoms with E-state index in [0.717, 1.165) is 13.0 Å². The molecule has 0 spiro atoms. The molecule has 1 aliphatic rings. The Bertz CT molecular complexity index is 956. The lowest BCUT2D eigenvalue weighted by molar-refractivity contribution is -0.127. The third-order valence-corrected chi connectivity index (χ3v) is 4.44. The van der Waals surface area contributed by atoms with Crippen molar-refractivity contribution >= 4 is 17.4 Å². The fourth-order valence-electron chi connectivity index (χ4n) is 3.20.